The maximum absolute atomic E-state index is 12.3. The number of carbonyl (C=O) groups excluding carboxylic acids is 1. The van der Waals surface area contributed by atoms with Crippen molar-refractivity contribution in [1.82, 2.24) is 4.90 Å². The Hall–Kier alpha value is -1.08. The number of nitrogens with two attached hydrogens (primary N) is 1. The Labute approximate surface area is 103 Å². The van der Waals surface area contributed by atoms with Crippen LogP contribution in [0.1, 0.15) is 44.9 Å². The first-order valence-electron chi connectivity index (χ1n) is 6.69. The van der Waals surface area contributed by atoms with Gasteiger partial charge in [0.1, 0.15) is 6.04 Å². The molecule has 0 bridgehead atoms. The molecule has 17 heavy (non-hydrogen) atoms. The van der Waals surface area contributed by atoms with Gasteiger partial charge in [-0.25, -0.2) is 0 Å². The number of hydrogen-bond donors (Lipinski definition) is 1. The summed E-state index contributed by atoms with van der Waals surface area (Å²) >= 11 is 0. The first-order chi connectivity index (χ1) is 8.24. The van der Waals surface area contributed by atoms with Crippen LogP contribution in [0.5, 0.6) is 0 Å². The molecule has 0 radical (unpaired) electrons. The Balaban J connectivity index is 1.96. The number of amides is 1. The van der Waals surface area contributed by atoms with Crippen LogP contribution in [0.15, 0.2) is 0 Å². The standard InChI is InChI=1S/C13H21N3O/c14-9-11-7-4-8-16(11)13(17)12(15)10-5-2-1-3-6-10/h10-12H,1-8,15H2/t11?,12-/m0/s1. The first kappa shape index (κ1) is 12.4. The van der Waals surface area contributed by atoms with Gasteiger partial charge in [-0.1, -0.05) is 19.3 Å². The van der Waals surface area contributed by atoms with E-state index in [0.29, 0.717) is 12.5 Å². The van der Waals surface area contributed by atoms with Crippen molar-refractivity contribution in [3.8, 4) is 6.07 Å². The van der Waals surface area contributed by atoms with E-state index < -0.39 is 0 Å². The molecule has 1 aliphatic carbocycles. The summed E-state index contributed by atoms with van der Waals surface area (Å²) < 4.78 is 0. The quantitative estimate of drug-likeness (QED) is 0.786. The summed E-state index contributed by atoms with van der Waals surface area (Å²) in [6.07, 6.45) is 7.51. The van der Waals surface area contributed by atoms with Crippen molar-refractivity contribution in [2.45, 2.75) is 57.0 Å². The fourth-order valence-electron chi connectivity index (χ4n) is 3.05. The molecule has 2 rings (SSSR count). The molecule has 1 amide bonds. The van der Waals surface area contributed by atoms with Gasteiger partial charge in [0, 0.05) is 6.54 Å². The molecule has 1 saturated heterocycles. The van der Waals surface area contributed by atoms with Crippen molar-refractivity contribution in [3.05, 3.63) is 0 Å². The first-order valence-corrected chi connectivity index (χ1v) is 6.69. The molecule has 1 aliphatic heterocycles. The molecule has 2 aliphatic rings. The van der Waals surface area contributed by atoms with Gasteiger partial charge in [-0.05, 0) is 31.6 Å². The zero-order valence-corrected chi connectivity index (χ0v) is 10.3. The van der Waals surface area contributed by atoms with Crippen molar-refractivity contribution in [2.24, 2.45) is 11.7 Å². The van der Waals surface area contributed by atoms with Crippen molar-refractivity contribution in [3.63, 3.8) is 0 Å². The third kappa shape index (κ3) is 2.61. The maximum Gasteiger partial charge on any atom is 0.240 e. The molecule has 2 fully saturated rings. The highest BCUT2D eigenvalue weighted by Gasteiger charge is 2.35. The van der Waals surface area contributed by atoms with Crippen LogP contribution in [0.4, 0.5) is 0 Å². The number of nitrogens with zero attached hydrogens (tertiary/aromatic N) is 2. The smallest absolute Gasteiger partial charge is 0.240 e. The van der Waals surface area contributed by atoms with E-state index in [2.05, 4.69) is 6.07 Å². The molecule has 0 spiro atoms. The maximum atomic E-state index is 12.3. The van der Waals surface area contributed by atoms with Gasteiger partial charge in [-0.3, -0.25) is 4.79 Å². The summed E-state index contributed by atoms with van der Waals surface area (Å²) in [7, 11) is 0. The van der Waals surface area contributed by atoms with Crippen LogP contribution < -0.4 is 5.73 Å². The van der Waals surface area contributed by atoms with Crippen LogP contribution in [-0.4, -0.2) is 29.4 Å². The second-order valence-corrected chi connectivity index (χ2v) is 5.24. The Kier molecular flexibility index (Phi) is 4.01. The Morgan fingerprint density at radius 1 is 1.24 bits per heavy atom. The second-order valence-electron chi connectivity index (χ2n) is 5.24. The van der Waals surface area contributed by atoms with Gasteiger partial charge in [0.05, 0.1) is 12.1 Å². The Bertz CT molecular complexity index is 317. The summed E-state index contributed by atoms with van der Waals surface area (Å²) in [5.41, 5.74) is 6.09. The predicted octanol–water partition coefficient (Wildman–Crippen LogP) is 1.41. The van der Waals surface area contributed by atoms with Gasteiger partial charge in [0.15, 0.2) is 0 Å². The van der Waals surface area contributed by atoms with Crippen molar-refractivity contribution in [2.75, 3.05) is 6.54 Å². The predicted molar refractivity (Wildman–Crippen MR) is 64.9 cm³/mol. The highest BCUT2D eigenvalue weighted by molar-refractivity contribution is 5.82. The molecule has 4 heteroatoms. The van der Waals surface area contributed by atoms with Gasteiger partial charge >= 0.3 is 0 Å². The van der Waals surface area contributed by atoms with Crippen LogP contribution in [-0.2, 0) is 4.79 Å². The highest BCUT2D eigenvalue weighted by atomic mass is 16.2. The molecule has 0 aromatic rings. The summed E-state index contributed by atoms with van der Waals surface area (Å²) in [4.78, 5) is 14.0. The van der Waals surface area contributed by atoms with E-state index in [9.17, 15) is 4.79 Å². The Morgan fingerprint density at radius 3 is 2.59 bits per heavy atom. The minimum atomic E-state index is -0.385. The highest BCUT2D eigenvalue weighted by Crippen LogP contribution is 2.27. The lowest BCUT2D eigenvalue weighted by Gasteiger charge is -2.30. The second kappa shape index (κ2) is 5.50. The summed E-state index contributed by atoms with van der Waals surface area (Å²) in [6, 6.07) is 1.58. The minimum Gasteiger partial charge on any atom is -0.325 e. The lowest BCUT2D eigenvalue weighted by molar-refractivity contribution is -0.134. The molecule has 0 aromatic heterocycles. The monoisotopic (exact) mass is 235 g/mol. The van der Waals surface area contributed by atoms with E-state index in [-0.39, 0.29) is 18.0 Å². The molecule has 94 valence electrons. The molecule has 1 heterocycles. The zero-order chi connectivity index (χ0) is 12.3. The van der Waals surface area contributed by atoms with E-state index in [1.54, 1.807) is 4.90 Å². The number of carbonyl (C=O) groups is 1. The van der Waals surface area contributed by atoms with E-state index in [1.807, 2.05) is 0 Å². The largest absolute Gasteiger partial charge is 0.325 e. The van der Waals surface area contributed by atoms with Gasteiger partial charge in [0.25, 0.3) is 0 Å². The van der Waals surface area contributed by atoms with E-state index in [4.69, 9.17) is 11.0 Å². The van der Waals surface area contributed by atoms with Crippen molar-refractivity contribution in [1.29, 1.82) is 5.26 Å². The fraction of sp³-hybridized carbons (Fsp3) is 0.846. The number of rotatable bonds is 2. The summed E-state index contributed by atoms with van der Waals surface area (Å²) in [6.45, 7) is 0.706. The Morgan fingerprint density at radius 2 is 1.94 bits per heavy atom. The third-order valence-electron chi connectivity index (χ3n) is 4.13. The van der Waals surface area contributed by atoms with Crippen LogP contribution in [0.25, 0.3) is 0 Å². The third-order valence-corrected chi connectivity index (χ3v) is 4.13. The van der Waals surface area contributed by atoms with E-state index in [1.165, 1.54) is 19.3 Å². The molecule has 2 N–H and O–H groups in total. The van der Waals surface area contributed by atoms with Crippen LogP contribution in [0, 0.1) is 17.2 Å². The minimum absolute atomic E-state index is 0.000880. The van der Waals surface area contributed by atoms with Crippen LogP contribution in [0.2, 0.25) is 0 Å². The lowest BCUT2D eigenvalue weighted by Crippen LogP contribution is -2.49. The van der Waals surface area contributed by atoms with Crippen molar-refractivity contribution < 1.29 is 4.79 Å². The fourth-order valence-corrected chi connectivity index (χ4v) is 3.05. The molecule has 1 saturated carbocycles. The SMILES string of the molecule is N#CC1CCCN1C(=O)[C@@H](N)C1CCCCC1. The summed E-state index contributed by atoms with van der Waals surface area (Å²) in [5, 5.41) is 8.99. The average Bonchev–Trinajstić information content (AvgIpc) is 2.86. The molecule has 4 nitrogen and oxygen atoms in total. The van der Waals surface area contributed by atoms with Crippen LogP contribution in [0.3, 0.4) is 0 Å². The molecule has 2 atom stereocenters. The van der Waals surface area contributed by atoms with Gasteiger partial charge in [-0.15, -0.1) is 0 Å². The molecular formula is C13H21N3O. The van der Waals surface area contributed by atoms with Gasteiger partial charge in [0.2, 0.25) is 5.91 Å². The normalized spacial score (nSPS) is 27.8. The van der Waals surface area contributed by atoms with Crippen molar-refractivity contribution >= 4 is 5.91 Å². The van der Waals surface area contributed by atoms with Crippen LogP contribution >= 0.6 is 0 Å². The van der Waals surface area contributed by atoms with E-state index >= 15 is 0 Å². The molecule has 0 aromatic carbocycles. The molecular weight excluding hydrogens is 214 g/mol. The van der Waals surface area contributed by atoms with Gasteiger partial charge < -0.3 is 10.6 Å². The number of hydrogen-bond acceptors (Lipinski definition) is 3. The topological polar surface area (TPSA) is 70.1 Å². The number of nitriles is 1. The number of likely N-dealkylation sites (tertiary alicyclic amines) is 1. The van der Waals surface area contributed by atoms with E-state index in [0.717, 1.165) is 25.7 Å². The molecule has 1 unspecified atom stereocenters. The zero-order valence-electron chi connectivity index (χ0n) is 10.3. The lowest BCUT2D eigenvalue weighted by atomic mass is 9.83. The summed E-state index contributed by atoms with van der Waals surface area (Å²) in [5.74, 6) is 0.331. The average molecular weight is 235 g/mol. The van der Waals surface area contributed by atoms with Gasteiger partial charge in [-0.2, -0.15) is 5.26 Å².